The van der Waals surface area contributed by atoms with E-state index in [9.17, 15) is 23.3 Å². The summed E-state index contributed by atoms with van der Waals surface area (Å²) in [6.45, 7) is 0.995. The van der Waals surface area contributed by atoms with Crippen LogP contribution in [0.15, 0.2) is 47.4 Å². The van der Waals surface area contributed by atoms with Crippen LogP contribution in [0.5, 0.6) is 17.2 Å². The van der Waals surface area contributed by atoms with Crippen LogP contribution in [0.2, 0.25) is 0 Å². The Kier molecular flexibility index (Phi) is 6.15. The molecule has 11 nitrogen and oxygen atoms in total. The predicted octanol–water partition coefficient (Wildman–Crippen LogP) is 1.28. The third kappa shape index (κ3) is 4.46. The first-order valence-electron chi connectivity index (χ1n) is 9.90. The molecule has 2 aliphatic heterocycles. The van der Waals surface area contributed by atoms with Crippen molar-refractivity contribution in [2.24, 2.45) is 0 Å². The van der Waals surface area contributed by atoms with Gasteiger partial charge in [-0.25, -0.2) is 8.42 Å². The van der Waals surface area contributed by atoms with Crippen LogP contribution in [-0.4, -0.2) is 74.5 Å². The van der Waals surface area contributed by atoms with Crippen molar-refractivity contribution in [2.45, 2.75) is 4.90 Å². The molecule has 0 aromatic heterocycles. The average molecular weight is 463 g/mol. The van der Waals surface area contributed by atoms with Gasteiger partial charge < -0.3 is 19.1 Å². The van der Waals surface area contributed by atoms with E-state index in [-0.39, 0.29) is 55.0 Å². The Hall–Kier alpha value is -3.38. The fourth-order valence-electron chi connectivity index (χ4n) is 3.47. The lowest BCUT2D eigenvalue weighted by atomic mass is 10.3. The molecule has 0 N–H and O–H groups in total. The van der Waals surface area contributed by atoms with Crippen molar-refractivity contribution in [1.82, 2.24) is 9.21 Å². The van der Waals surface area contributed by atoms with Gasteiger partial charge in [0, 0.05) is 38.3 Å². The number of nitro groups is 1. The first kappa shape index (κ1) is 21.8. The number of nitro benzene ring substituents is 1. The van der Waals surface area contributed by atoms with Crippen LogP contribution in [0.4, 0.5) is 5.69 Å². The lowest BCUT2D eigenvalue weighted by molar-refractivity contribution is -0.385. The zero-order valence-electron chi connectivity index (χ0n) is 17.0. The number of piperazine rings is 1. The Bertz CT molecular complexity index is 1130. The number of amides is 1. The summed E-state index contributed by atoms with van der Waals surface area (Å²) in [5.41, 5.74) is -0.226. The molecule has 0 atom stereocenters. The Morgan fingerprint density at radius 1 is 1.03 bits per heavy atom. The number of nitrogens with zero attached hydrogens (tertiary/aromatic N) is 3. The minimum Gasteiger partial charge on any atom is -0.486 e. The van der Waals surface area contributed by atoms with E-state index in [4.69, 9.17) is 14.2 Å². The van der Waals surface area contributed by atoms with E-state index in [1.165, 1.54) is 39.5 Å². The molecule has 0 aliphatic carbocycles. The quantitative estimate of drug-likeness (QED) is 0.463. The van der Waals surface area contributed by atoms with Crippen LogP contribution in [0, 0.1) is 10.1 Å². The second kappa shape index (κ2) is 9.01. The molecule has 1 fully saturated rings. The van der Waals surface area contributed by atoms with Gasteiger partial charge in [0.2, 0.25) is 10.0 Å². The van der Waals surface area contributed by atoms with Crippen LogP contribution in [0.25, 0.3) is 0 Å². The van der Waals surface area contributed by atoms with E-state index in [0.29, 0.717) is 24.7 Å². The van der Waals surface area contributed by atoms with Crippen molar-refractivity contribution < 1.29 is 32.3 Å². The Morgan fingerprint density at radius 2 is 1.72 bits per heavy atom. The van der Waals surface area contributed by atoms with Gasteiger partial charge >= 0.3 is 5.69 Å². The Balaban J connectivity index is 1.35. The normalized spacial score (nSPS) is 16.4. The lowest BCUT2D eigenvalue weighted by Gasteiger charge is -2.34. The van der Waals surface area contributed by atoms with Crippen molar-refractivity contribution >= 4 is 21.6 Å². The molecular weight excluding hydrogens is 442 g/mol. The number of fused-ring (bicyclic) bond motifs is 1. The van der Waals surface area contributed by atoms with Crippen molar-refractivity contribution in [1.29, 1.82) is 0 Å². The molecular formula is C20H21N3O8S. The second-order valence-corrected chi connectivity index (χ2v) is 9.04. The van der Waals surface area contributed by atoms with E-state index in [1.807, 2.05) is 0 Å². The largest absolute Gasteiger partial charge is 0.486 e. The van der Waals surface area contributed by atoms with Crippen molar-refractivity contribution in [3.8, 4) is 17.2 Å². The number of hydrogen-bond donors (Lipinski definition) is 0. The highest BCUT2D eigenvalue weighted by Crippen LogP contribution is 2.33. The molecule has 1 amide bonds. The maximum absolute atomic E-state index is 13.0. The van der Waals surface area contributed by atoms with E-state index in [0.717, 1.165) is 0 Å². The van der Waals surface area contributed by atoms with Crippen molar-refractivity contribution in [3.63, 3.8) is 0 Å². The molecule has 2 aliphatic rings. The zero-order valence-corrected chi connectivity index (χ0v) is 17.8. The summed E-state index contributed by atoms with van der Waals surface area (Å²) in [6, 6.07) is 10.3. The molecule has 4 rings (SSSR count). The third-order valence-corrected chi connectivity index (χ3v) is 7.05. The molecule has 2 aromatic rings. The maximum Gasteiger partial charge on any atom is 0.310 e. The number of carbonyl (C=O) groups is 1. The number of carbonyl (C=O) groups excluding carboxylic acids is 1. The number of para-hydroxylation sites is 2. The number of benzene rings is 2. The smallest absolute Gasteiger partial charge is 0.310 e. The molecule has 0 spiro atoms. The van der Waals surface area contributed by atoms with E-state index < -0.39 is 14.9 Å². The van der Waals surface area contributed by atoms with E-state index in [1.54, 1.807) is 12.1 Å². The fourth-order valence-corrected chi connectivity index (χ4v) is 4.91. The Labute approximate surface area is 184 Å². The second-order valence-electron chi connectivity index (χ2n) is 7.10. The summed E-state index contributed by atoms with van der Waals surface area (Å²) in [4.78, 5) is 24.5. The van der Waals surface area contributed by atoms with Gasteiger partial charge in [0.15, 0.2) is 23.9 Å². The summed E-state index contributed by atoms with van der Waals surface area (Å²) < 4.78 is 43.5. The summed E-state index contributed by atoms with van der Waals surface area (Å²) in [7, 11) is -3.76. The van der Waals surface area contributed by atoms with Crippen LogP contribution >= 0.6 is 0 Å². The first-order chi connectivity index (χ1) is 15.4. The van der Waals surface area contributed by atoms with Crippen molar-refractivity contribution in [2.75, 3.05) is 46.0 Å². The number of rotatable bonds is 6. The first-order valence-corrected chi connectivity index (χ1v) is 11.3. The topological polar surface area (TPSA) is 129 Å². The molecule has 0 saturated carbocycles. The van der Waals surface area contributed by atoms with Gasteiger partial charge in [0.05, 0.1) is 9.82 Å². The molecule has 2 heterocycles. The number of ether oxygens (including phenoxy) is 3. The highest BCUT2D eigenvalue weighted by molar-refractivity contribution is 7.89. The van der Waals surface area contributed by atoms with Gasteiger partial charge in [-0.15, -0.1) is 0 Å². The number of hydrogen-bond acceptors (Lipinski definition) is 8. The average Bonchev–Trinajstić information content (AvgIpc) is 2.82. The van der Waals surface area contributed by atoms with Gasteiger partial charge in [-0.2, -0.15) is 4.31 Å². The highest BCUT2D eigenvalue weighted by Gasteiger charge is 2.31. The third-order valence-electron chi connectivity index (χ3n) is 5.16. The minimum atomic E-state index is -3.76. The van der Waals surface area contributed by atoms with Gasteiger partial charge in [-0.1, -0.05) is 12.1 Å². The van der Waals surface area contributed by atoms with Gasteiger partial charge in [-0.05, 0) is 18.2 Å². The molecule has 0 unspecified atom stereocenters. The SMILES string of the molecule is O=C(COc1ccccc1[N+](=O)[O-])N1CCN(S(=O)(=O)c2ccc3c(c2)OCCO3)CC1. The van der Waals surface area contributed by atoms with E-state index >= 15 is 0 Å². The zero-order chi connectivity index (χ0) is 22.7. The van der Waals surface area contributed by atoms with Crippen LogP contribution < -0.4 is 14.2 Å². The van der Waals surface area contributed by atoms with Crippen molar-refractivity contribution in [3.05, 3.63) is 52.6 Å². The van der Waals surface area contributed by atoms with E-state index in [2.05, 4.69) is 0 Å². The lowest BCUT2D eigenvalue weighted by Crippen LogP contribution is -2.51. The van der Waals surface area contributed by atoms with Crippen LogP contribution in [-0.2, 0) is 14.8 Å². The molecule has 0 bridgehead atoms. The van der Waals surface area contributed by atoms with Gasteiger partial charge in [0.25, 0.3) is 5.91 Å². The summed E-state index contributed by atoms with van der Waals surface area (Å²) >= 11 is 0. The maximum atomic E-state index is 13.0. The van der Waals surface area contributed by atoms with Gasteiger partial charge in [0.1, 0.15) is 13.2 Å². The monoisotopic (exact) mass is 463 g/mol. The summed E-state index contributed by atoms with van der Waals surface area (Å²) in [6.07, 6.45) is 0. The number of sulfonamides is 1. The fraction of sp³-hybridized carbons (Fsp3) is 0.350. The van der Waals surface area contributed by atoms with Crippen LogP contribution in [0.3, 0.4) is 0 Å². The summed E-state index contributed by atoms with van der Waals surface area (Å²) in [5, 5.41) is 11.0. The van der Waals surface area contributed by atoms with Gasteiger partial charge in [-0.3, -0.25) is 14.9 Å². The summed E-state index contributed by atoms with van der Waals surface area (Å²) in [5.74, 6) is 0.521. The molecule has 32 heavy (non-hydrogen) atoms. The minimum absolute atomic E-state index is 0.00525. The Morgan fingerprint density at radius 3 is 2.44 bits per heavy atom. The standard InChI is InChI=1S/C20H21N3O8S/c24-20(14-31-17-4-2-1-3-16(17)23(25)26)21-7-9-22(10-8-21)32(27,28)15-5-6-18-19(13-15)30-12-11-29-18/h1-6,13H,7-12,14H2. The molecule has 2 aromatic carbocycles. The molecule has 12 heteroatoms. The molecule has 170 valence electrons. The predicted molar refractivity (Wildman–Crippen MR) is 111 cm³/mol. The molecule has 0 radical (unpaired) electrons. The molecule has 1 saturated heterocycles. The highest BCUT2D eigenvalue weighted by atomic mass is 32.2. The van der Waals surface area contributed by atoms with Crippen LogP contribution in [0.1, 0.15) is 0 Å².